The summed E-state index contributed by atoms with van der Waals surface area (Å²) in [6.07, 6.45) is 3.84. The molecular weight excluding hydrogens is 266 g/mol. The number of aryl methyl sites for hydroxylation is 1. The highest BCUT2D eigenvalue weighted by Crippen LogP contribution is 2.26. The summed E-state index contributed by atoms with van der Waals surface area (Å²) >= 11 is 0. The summed E-state index contributed by atoms with van der Waals surface area (Å²) in [5.74, 6) is 0.764. The van der Waals surface area contributed by atoms with Gasteiger partial charge in [-0.15, -0.1) is 0 Å². The number of nitrogens with zero attached hydrogens (tertiary/aromatic N) is 1. The number of nitrogens with one attached hydrogen (secondary N) is 2. The number of para-hydroxylation sites is 2. The van der Waals surface area contributed by atoms with E-state index >= 15 is 0 Å². The molecule has 5 nitrogen and oxygen atoms in total. The Morgan fingerprint density at radius 2 is 2.19 bits per heavy atom. The number of carbonyl (C=O) groups is 1. The maximum absolute atomic E-state index is 10.9. The quantitative estimate of drug-likeness (QED) is 0.826. The number of hydrogen-bond acceptors (Lipinski definition) is 4. The molecule has 1 aromatic heterocycles. The number of aromatic nitrogens is 1. The molecule has 108 valence electrons. The van der Waals surface area contributed by atoms with Crippen molar-refractivity contribution in [2.45, 2.75) is 26.1 Å². The number of β-lactam (4-membered cyclic amide) rings is 1. The van der Waals surface area contributed by atoms with E-state index in [9.17, 15) is 4.79 Å². The number of anilines is 1. The molecule has 0 radical (unpaired) electrons. The minimum atomic E-state index is -0.222. The highest BCUT2D eigenvalue weighted by atomic mass is 16.5. The second-order valence-corrected chi connectivity index (χ2v) is 5.03. The molecule has 1 aliphatic heterocycles. The van der Waals surface area contributed by atoms with Crippen LogP contribution in [0.5, 0.6) is 5.75 Å². The smallest absolute Gasteiger partial charge is 0.228 e. The Balaban J connectivity index is 1.67. The first-order valence-corrected chi connectivity index (χ1v) is 6.91. The molecule has 21 heavy (non-hydrogen) atoms. The van der Waals surface area contributed by atoms with Crippen molar-refractivity contribution in [3.8, 4) is 5.75 Å². The SMILES string of the molecule is Cc1ccncc1CNc1ccccc1OC1CC(=O)N1. The van der Waals surface area contributed by atoms with E-state index in [1.54, 1.807) is 6.20 Å². The zero-order valence-corrected chi connectivity index (χ0v) is 11.8. The molecule has 1 aliphatic rings. The average molecular weight is 283 g/mol. The van der Waals surface area contributed by atoms with Gasteiger partial charge in [-0.1, -0.05) is 12.1 Å². The van der Waals surface area contributed by atoms with Gasteiger partial charge in [0.05, 0.1) is 12.1 Å². The van der Waals surface area contributed by atoms with E-state index < -0.39 is 0 Å². The van der Waals surface area contributed by atoms with Gasteiger partial charge in [-0.25, -0.2) is 0 Å². The first-order valence-electron chi connectivity index (χ1n) is 6.91. The van der Waals surface area contributed by atoms with Gasteiger partial charge in [0.25, 0.3) is 0 Å². The molecule has 1 atom stereocenters. The fourth-order valence-corrected chi connectivity index (χ4v) is 2.14. The first-order chi connectivity index (χ1) is 10.2. The van der Waals surface area contributed by atoms with Gasteiger partial charge in [-0.3, -0.25) is 9.78 Å². The molecule has 0 saturated carbocycles. The first kappa shape index (κ1) is 13.4. The second kappa shape index (κ2) is 5.83. The molecule has 1 saturated heterocycles. The fourth-order valence-electron chi connectivity index (χ4n) is 2.14. The Labute approximate surface area is 123 Å². The van der Waals surface area contributed by atoms with Crippen LogP contribution in [0.1, 0.15) is 17.5 Å². The lowest BCUT2D eigenvalue weighted by Gasteiger charge is -2.28. The number of amides is 1. The summed E-state index contributed by atoms with van der Waals surface area (Å²) in [5, 5.41) is 6.06. The van der Waals surface area contributed by atoms with Gasteiger partial charge in [-0.2, -0.15) is 0 Å². The van der Waals surface area contributed by atoms with Crippen LogP contribution in [0.4, 0.5) is 5.69 Å². The third-order valence-corrected chi connectivity index (χ3v) is 3.47. The molecule has 5 heteroatoms. The van der Waals surface area contributed by atoms with Crippen LogP contribution in [0.2, 0.25) is 0 Å². The largest absolute Gasteiger partial charge is 0.468 e. The average Bonchev–Trinajstić information content (AvgIpc) is 2.46. The molecule has 3 rings (SSSR count). The maximum Gasteiger partial charge on any atom is 0.228 e. The maximum atomic E-state index is 10.9. The highest BCUT2D eigenvalue weighted by molar-refractivity contribution is 5.82. The lowest BCUT2D eigenvalue weighted by Crippen LogP contribution is -2.51. The van der Waals surface area contributed by atoms with Crippen molar-refractivity contribution in [2.24, 2.45) is 0 Å². The lowest BCUT2D eigenvalue weighted by atomic mass is 10.1. The monoisotopic (exact) mass is 283 g/mol. The summed E-state index contributed by atoms with van der Waals surface area (Å²) in [4.78, 5) is 15.1. The number of rotatable bonds is 5. The van der Waals surface area contributed by atoms with Crippen molar-refractivity contribution in [1.82, 2.24) is 10.3 Å². The van der Waals surface area contributed by atoms with E-state index in [2.05, 4.69) is 22.5 Å². The van der Waals surface area contributed by atoms with E-state index in [0.717, 1.165) is 17.0 Å². The minimum absolute atomic E-state index is 0.0245. The van der Waals surface area contributed by atoms with E-state index in [4.69, 9.17) is 4.74 Å². The second-order valence-electron chi connectivity index (χ2n) is 5.03. The molecule has 1 aromatic carbocycles. The van der Waals surface area contributed by atoms with Crippen molar-refractivity contribution < 1.29 is 9.53 Å². The van der Waals surface area contributed by atoms with Crippen LogP contribution in [0, 0.1) is 6.92 Å². The van der Waals surface area contributed by atoms with Crippen LogP contribution in [0.3, 0.4) is 0 Å². The number of hydrogen-bond donors (Lipinski definition) is 2. The third kappa shape index (κ3) is 3.13. The van der Waals surface area contributed by atoms with E-state index in [1.165, 1.54) is 5.56 Å². The van der Waals surface area contributed by atoms with E-state index in [0.29, 0.717) is 13.0 Å². The number of benzene rings is 1. The fraction of sp³-hybridized carbons (Fsp3) is 0.250. The standard InChI is InChI=1S/C16H17N3O2/c1-11-6-7-17-9-12(11)10-18-13-4-2-3-5-14(13)21-16-8-15(20)19-16/h2-7,9,16,18H,8,10H2,1H3,(H,19,20). The van der Waals surface area contributed by atoms with Crippen molar-refractivity contribution in [2.75, 3.05) is 5.32 Å². The van der Waals surface area contributed by atoms with Crippen LogP contribution in [-0.2, 0) is 11.3 Å². The highest BCUT2D eigenvalue weighted by Gasteiger charge is 2.27. The molecule has 2 heterocycles. The van der Waals surface area contributed by atoms with Crippen molar-refractivity contribution >= 4 is 11.6 Å². The van der Waals surface area contributed by atoms with Gasteiger partial charge >= 0.3 is 0 Å². The normalized spacial score (nSPS) is 16.8. The van der Waals surface area contributed by atoms with Gasteiger partial charge in [0.15, 0.2) is 6.23 Å². The molecule has 0 aliphatic carbocycles. The van der Waals surface area contributed by atoms with Crippen LogP contribution >= 0.6 is 0 Å². The topological polar surface area (TPSA) is 63.3 Å². The summed E-state index contributed by atoms with van der Waals surface area (Å²) < 4.78 is 5.76. The van der Waals surface area contributed by atoms with Gasteiger partial charge in [0.1, 0.15) is 5.75 Å². The molecule has 1 unspecified atom stereocenters. The molecule has 2 N–H and O–H groups in total. The zero-order valence-electron chi connectivity index (χ0n) is 11.8. The van der Waals surface area contributed by atoms with Crippen molar-refractivity contribution in [3.05, 3.63) is 53.9 Å². The van der Waals surface area contributed by atoms with Crippen LogP contribution in [-0.4, -0.2) is 17.1 Å². The predicted octanol–water partition coefficient (Wildman–Crippen LogP) is 2.23. The zero-order chi connectivity index (χ0) is 14.7. The van der Waals surface area contributed by atoms with Crippen LogP contribution in [0.15, 0.2) is 42.7 Å². The summed E-state index contributed by atoms with van der Waals surface area (Å²) in [6.45, 7) is 2.74. The molecule has 0 bridgehead atoms. The Morgan fingerprint density at radius 1 is 1.38 bits per heavy atom. The minimum Gasteiger partial charge on any atom is -0.468 e. The molecule has 1 amide bonds. The third-order valence-electron chi connectivity index (χ3n) is 3.47. The molecule has 2 aromatic rings. The number of carbonyl (C=O) groups excluding carboxylic acids is 1. The molecular formula is C16H17N3O2. The number of ether oxygens (including phenoxy) is 1. The van der Waals surface area contributed by atoms with Crippen LogP contribution < -0.4 is 15.4 Å². The summed E-state index contributed by atoms with van der Waals surface area (Å²) in [5.41, 5.74) is 3.24. The predicted molar refractivity (Wildman–Crippen MR) is 79.9 cm³/mol. The van der Waals surface area contributed by atoms with E-state index in [-0.39, 0.29) is 12.1 Å². The van der Waals surface area contributed by atoms with Gasteiger partial charge in [0, 0.05) is 18.9 Å². The van der Waals surface area contributed by atoms with Crippen molar-refractivity contribution in [3.63, 3.8) is 0 Å². The Bertz CT molecular complexity index is 649. The van der Waals surface area contributed by atoms with Crippen LogP contribution in [0.25, 0.3) is 0 Å². The number of pyridine rings is 1. The summed E-state index contributed by atoms with van der Waals surface area (Å²) in [6, 6.07) is 9.70. The Hall–Kier alpha value is -2.56. The van der Waals surface area contributed by atoms with Gasteiger partial charge < -0.3 is 15.4 Å². The van der Waals surface area contributed by atoms with Gasteiger partial charge in [-0.05, 0) is 36.2 Å². The Morgan fingerprint density at radius 3 is 2.95 bits per heavy atom. The molecule has 0 spiro atoms. The lowest BCUT2D eigenvalue weighted by molar-refractivity contribution is -0.134. The van der Waals surface area contributed by atoms with E-state index in [1.807, 2.05) is 36.5 Å². The Kier molecular flexibility index (Phi) is 3.73. The van der Waals surface area contributed by atoms with Gasteiger partial charge in [0.2, 0.25) is 5.91 Å². The molecule has 1 fully saturated rings. The van der Waals surface area contributed by atoms with Crippen molar-refractivity contribution in [1.29, 1.82) is 0 Å². The summed E-state index contributed by atoms with van der Waals surface area (Å²) in [7, 11) is 0.